The van der Waals surface area contributed by atoms with Gasteiger partial charge in [0.25, 0.3) is 0 Å². The molecule has 28 heavy (non-hydrogen) atoms. The van der Waals surface area contributed by atoms with Crippen LogP contribution in [0.3, 0.4) is 0 Å². The maximum absolute atomic E-state index is 12.7. The number of carbonyl (C=O) groups excluding carboxylic acids is 1. The summed E-state index contributed by atoms with van der Waals surface area (Å²) in [7, 11) is 0. The van der Waals surface area contributed by atoms with Gasteiger partial charge in [-0.3, -0.25) is 4.79 Å². The van der Waals surface area contributed by atoms with Crippen molar-refractivity contribution in [3.63, 3.8) is 0 Å². The highest BCUT2D eigenvalue weighted by Crippen LogP contribution is 2.34. The number of thioether (sulfide) groups is 1. The van der Waals surface area contributed by atoms with E-state index in [0.29, 0.717) is 17.2 Å². The molecule has 0 radical (unpaired) electrons. The van der Waals surface area contributed by atoms with E-state index in [-0.39, 0.29) is 23.7 Å². The van der Waals surface area contributed by atoms with Gasteiger partial charge < -0.3 is 10.6 Å². The zero-order valence-electron chi connectivity index (χ0n) is 14.9. The van der Waals surface area contributed by atoms with Crippen LogP contribution in [0.4, 0.5) is 13.2 Å². The SMILES string of the molecule is O=C1N[C@H](CNCC(F)(F)F)CCS[C@@H]1c1cccc(-c2ccc(Cl)cc2)c1. The van der Waals surface area contributed by atoms with Crippen LogP contribution < -0.4 is 10.6 Å². The highest BCUT2D eigenvalue weighted by atomic mass is 35.5. The molecule has 2 atom stereocenters. The van der Waals surface area contributed by atoms with E-state index in [1.54, 1.807) is 0 Å². The van der Waals surface area contributed by atoms with Crippen LogP contribution in [-0.2, 0) is 4.79 Å². The predicted molar refractivity (Wildman–Crippen MR) is 108 cm³/mol. The smallest absolute Gasteiger partial charge is 0.351 e. The number of carbonyl (C=O) groups is 1. The minimum absolute atomic E-state index is 0.101. The molecule has 1 aliphatic heterocycles. The van der Waals surface area contributed by atoms with Crippen LogP contribution in [0.1, 0.15) is 17.2 Å². The maximum Gasteiger partial charge on any atom is 0.401 e. The molecule has 0 bridgehead atoms. The van der Waals surface area contributed by atoms with E-state index in [9.17, 15) is 18.0 Å². The molecule has 2 N–H and O–H groups in total. The maximum atomic E-state index is 12.7. The van der Waals surface area contributed by atoms with E-state index in [1.807, 2.05) is 48.5 Å². The second kappa shape index (κ2) is 9.20. The summed E-state index contributed by atoms with van der Waals surface area (Å²) in [6.45, 7) is -0.956. The topological polar surface area (TPSA) is 41.1 Å². The van der Waals surface area contributed by atoms with Crippen molar-refractivity contribution < 1.29 is 18.0 Å². The average Bonchev–Trinajstić information content (AvgIpc) is 2.82. The summed E-state index contributed by atoms with van der Waals surface area (Å²) in [6.07, 6.45) is -3.64. The molecule has 1 aliphatic rings. The van der Waals surface area contributed by atoms with Crippen molar-refractivity contribution in [2.75, 3.05) is 18.8 Å². The standard InChI is InChI=1S/C20H20ClF3N2OS/c21-16-6-4-13(5-7-16)14-2-1-3-15(10-14)18-19(27)26-17(8-9-28-18)11-25-12-20(22,23)24/h1-7,10,17-18,25H,8-9,11-12H2,(H,26,27)/t17-,18+/m0/s1. The van der Waals surface area contributed by atoms with Gasteiger partial charge in [0.1, 0.15) is 5.25 Å². The van der Waals surface area contributed by atoms with Gasteiger partial charge in [0, 0.05) is 17.6 Å². The zero-order chi connectivity index (χ0) is 20.1. The highest BCUT2D eigenvalue weighted by Gasteiger charge is 2.30. The van der Waals surface area contributed by atoms with Gasteiger partial charge in [-0.15, -0.1) is 11.8 Å². The Morgan fingerprint density at radius 1 is 1.14 bits per heavy atom. The summed E-state index contributed by atoms with van der Waals surface area (Å²) in [5, 5.41) is 5.51. The fourth-order valence-corrected chi connectivity index (χ4v) is 4.41. The lowest BCUT2D eigenvalue weighted by atomic mass is 10.0. The number of benzene rings is 2. The van der Waals surface area contributed by atoms with Crippen LogP contribution in [0.5, 0.6) is 0 Å². The first kappa shape index (κ1) is 21.0. The van der Waals surface area contributed by atoms with E-state index in [1.165, 1.54) is 11.8 Å². The number of hydrogen-bond donors (Lipinski definition) is 2. The van der Waals surface area contributed by atoms with Crippen molar-refractivity contribution in [1.82, 2.24) is 10.6 Å². The molecular formula is C20H20ClF3N2OS. The van der Waals surface area contributed by atoms with Gasteiger partial charge in [0.05, 0.1) is 6.54 Å². The largest absolute Gasteiger partial charge is 0.401 e. The lowest BCUT2D eigenvalue weighted by Gasteiger charge is -2.18. The molecule has 2 aromatic rings. The van der Waals surface area contributed by atoms with E-state index < -0.39 is 12.7 Å². The molecule has 3 rings (SSSR count). The van der Waals surface area contributed by atoms with E-state index in [2.05, 4.69) is 10.6 Å². The molecule has 0 spiro atoms. The average molecular weight is 429 g/mol. The number of nitrogens with one attached hydrogen (secondary N) is 2. The van der Waals surface area contributed by atoms with Gasteiger partial charge in [-0.25, -0.2) is 0 Å². The first-order chi connectivity index (χ1) is 13.3. The Morgan fingerprint density at radius 3 is 2.61 bits per heavy atom. The second-order valence-electron chi connectivity index (χ2n) is 6.62. The van der Waals surface area contributed by atoms with Crippen LogP contribution in [0.2, 0.25) is 5.02 Å². The van der Waals surface area contributed by atoms with E-state index >= 15 is 0 Å². The first-order valence-corrected chi connectivity index (χ1v) is 10.3. The number of hydrogen-bond acceptors (Lipinski definition) is 3. The third-order valence-corrected chi connectivity index (χ3v) is 5.96. The normalized spacial score (nSPS) is 20.5. The molecule has 8 heteroatoms. The summed E-state index contributed by atoms with van der Waals surface area (Å²) in [4.78, 5) is 12.7. The minimum Gasteiger partial charge on any atom is -0.351 e. The van der Waals surface area contributed by atoms with Crippen molar-refractivity contribution in [2.45, 2.75) is 23.9 Å². The Balaban J connectivity index is 1.68. The van der Waals surface area contributed by atoms with E-state index in [0.717, 1.165) is 16.7 Å². The fraction of sp³-hybridized carbons (Fsp3) is 0.350. The van der Waals surface area contributed by atoms with Crippen molar-refractivity contribution in [2.24, 2.45) is 0 Å². The highest BCUT2D eigenvalue weighted by molar-refractivity contribution is 8.00. The second-order valence-corrected chi connectivity index (χ2v) is 8.27. The van der Waals surface area contributed by atoms with Crippen LogP contribution in [0, 0.1) is 0 Å². The summed E-state index contributed by atoms with van der Waals surface area (Å²) in [5.41, 5.74) is 2.86. The molecule has 150 valence electrons. The van der Waals surface area contributed by atoms with Crippen molar-refractivity contribution in [3.8, 4) is 11.1 Å². The fourth-order valence-electron chi connectivity index (χ4n) is 3.07. The van der Waals surface area contributed by atoms with Crippen LogP contribution >= 0.6 is 23.4 Å². The quantitative estimate of drug-likeness (QED) is 0.717. The third-order valence-electron chi connectivity index (χ3n) is 4.42. The summed E-state index contributed by atoms with van der Waals surface area (Å²) in [5.74, 6) is 0.516. The van der Waals surface area contributed by atoms with E-state index in [4.69, 9.17) is 11.6 Å². The van der Waals surface area contributed by atoms with Gasteiger partial charge in [0.15, 0.2) is 0 Å². The summed E-state index contributed by atoms with van der Waals surface area (Å²) < 4.78 is 36.9. The van der Waals surface area contributed by atoms with Gasteiger partial charge in [0.2, 0.25) is 5.91 Å². The predicted octanol–water partition coefficient (Wildman–Crippen LogP) is 4.82. The van der Waals surface area contributed by atoms with Gasteiger partial charge in [-0.1, -0.05) is 41.9 Å². The molecule has 2 aromatic carbocycles. The molecule has 0 unspecified atom stereocenters. The molecule has 1 amide bonds. The number of halogens is 4. The number of rotatable bonds is 5. The summed E-state index contributed by atoms with van der Waals surface area (Å²) in [6, 6.07) is 14.9. The first-order valence-electron chi connectivity index (χ1n) is 8.87. The van der Waals surface area contributed by atoms with Crippen molar-refractivity contribution in [1.29, 1.82) is 0 Å². The molecule has 1 heterocycles. The zero-order valence-corrected chi connectivity index (χ0v) is 16.5. The van der Waals surface area contributed by atoms with Crippen molar-refractivity contribution >= 4 is 29.3 Å². The number of alkyl halides is 3. The van der Waals surface area contributed by atoms with Crippen LogP contribution in [0.25, 0.3) is 11.1 Å². The summed E-state index contributed by atoms with van der Waals surface area (Å²) >= 11 is 7.45. The Labute approximate surface area is 171 Å². The lowest BCUT2D eigenvalue weighted by molar-refractivity contribution is -0.125. The molecule has 0 aliphatic carbocycles. The Kier molecular flexibility index (Phi) is 6.91. The van der Waals surface area contributed by atoms with Crippen LogP contribution in [-0.4, -0.2) is 37.0 Å². The molecule has 1 fully saturated rings. The van der Waals surface area contributed by atoms with Gasteiger partial charge >= 0.3 is 6.18 Å². The number of amides is 1. The monoisotopic (exact) mass is 428 g/mol. The molecule has 0 saturated carbocycles. The Morgan fingerprint density at radius 2 is 1.89 bits per heavy atom. The Hall–Kier alpha value is -1.70. The molecule has 3 nitrogen and oxygen atoms in total. The molecule has 1 saturated heterocycles. The van der Waals surface area contributed by atoms with Gasteiger partial charge in [-0.05, 0) is 47.1 Å². The molecular weight excluding hydrogens is 409 g/mol. The Bertz CT molecular complexity index is 814. The minimum atomic E-state index is -4.26. The third kappa shape index (κ3) is 5.90. The molecule has 0 aromatic heterocycles. The van der Waals surface area contributed by atoms with Gasteiger partial charge in [-0.2, -0.15) is 13.2 Å². The van der Waals surface area contributed by atoms with Crippen molar-refractivity contribution in [3.05, 3.63) is 59.1 Å². The van der Waals surface area contributed by atoms with Crippen LogP contribution in [0.15, 0.2) is 48.5 Å². The lowest BCUT2D eigenvalue weighted by Crippen LogP contribution is -2.44.